The van der Waals surface area contributed by atoms with E-state index in [9.17, 15) is 0 Å². The van der Waals surface area contributed by atoms with Gasteiger partial charge in [0.1, 0.15) is 5.75 Å². The molecule has 0 unspecified atom stereocenters. The first-order valence-electron chi connectivity index (χ1n) is 6.87. The summed E-state index contributed by atoms with van der Waals surface area (Å²) < 4.78 is 7.05. The highest BCUT2D eigenvalue weighted by molar-refractivity contribution is 6.33. The summed E-state index contributed by atoms with van der Waals surface area (Å²) >= 11 is 5.94. The van der Waals surface area contributed by atoms with Gasteiger partial charge in [-0.05, 0) is 35.9 Å². The summed E-state index contributed by atoms with van der Waals surface area (Å²) in [5, 5.41) is 5.13. The van der Waals surface area contributed by atoms with Gasteiger partial charge in [0.2, 0.25) is 0 Å². The van der Waals surface area contributed by atoms with Crippen LogP contribution in [0, 0.1) is 0 Å². The largest absolute Gasteiger partial charge is 0.497 e. The van der Waals surface area contributed by atoms with Gasteiger partial charge < -0.3 is 10.5 Å². The Morgan fingerprint density at radius 1 is 1.14 bits per heavy atom. The van der Waals surface area contributed by atoms with Gasteiger partial charge in [-0.2, -0.15) is 5.10 Å². The molecule has 0 fully saturated rings. The van der Waals surface area contributed by atoms with Crippen molar-refractivity contribution in [1.82, 2.24) is 9.78 Å². The van der Waals surface area contributed by atoms with Crippen LogP contribution >= 0.6 is 11.6 Å². The Morgan fingerprint density at radius 2 is 1.91 bits per heavy atom. The van der Waals surface area contributed by atoms with E-state index >= 15 is 0 Å². The van der Waals surface area contributed by atoms with Gasteiger partial charge in [-0.15, -0.1) is 0 Å². The van der Waals surface area contributed by atoms with E-state index in [1.54, 1.807) is 13.2 Å². The van der Waals surface area contributed by atoms with E-state index in [1.807, 2.05) is 53.3 Å². The zero-order valence-electron chi connectivity index (χ0n) is 12.2. The van der Waals surface area contributed by atoms with Crippen molar-refractivity contribution in [1.29, 1.82) is 0 Å². The number of anilines is 1. The minimum Gasteiger partial charge on any atom is -0.497 e. The number of ether oxygens (including phenoxy) is 1. The van der Waals surface area contributed by atoms with Crippen molar-refractivity contribution in [3.05, 3.63) is 65.3 Å². The van der Waals surface area contributed by atoms with Crippen molar-refractivity contribution in [2.24, 2.45) is 0 Å². The van der Waals surface area contributed by atoms with E-state index in [1.165, 1.54) is 0 Å². The van der Waals surface area contributed by atoms with Gasteiger partial charge >= 0.3 is 0 Å². The summed E-state index contributed by atoms with van der Waals surface area (Å²) in [5.41, 5.74) is 9.38. The molecule has 2 N–H and O–H groups in total. The van der Waals surface area contributed by atoms with Crippen molar-refractivity contribution in [3.8, 4) is 17.0 Å². The number of hydrogen-bond donors (Lipinski definition) is 1. The van der Waals surface area contributed by atoms with Crippen LogP contribution in [0.5, 0.6) is 5.75 Å². The lowest BCUT2D eigenvalue weighted by Crippen LogP contribution is -2.00. The molecule has 3 rings (SSSR count). The lowest BCUT2D eigenvalue weighted by molar-refractivity contribution is 0.414. The number of aromatic nitrogens is 2. The molecule has 22 heavy (non-hydrogen) atoms. The molecular formula is C17H16ClN3O. The molecule has 112 valence electrons. The normalized spacial score (nSPS) is 10.6. The Hall–Kier alpha value is -2.46. The van der Waals surface area contributed by atoms with Crippen molar-refractivity contribution >= 4 is 17.3 Å². The Labute approximate surface area is 134 Å². The van der Waals surface area contributed by atoms with Gasteiger partial charge in [0.15, 0.2) is 0 Å². The average molecular weight is 314 g/mol. The topological polar surface area (TPSA) is 53.1 Å². The number of nitrogens with zero attached hydrogens (tertiary/aromatic N) is 2. The number of rotatable bonds is 4. The van der Waals surface area contributed by atoms with E-state index in [0.29, 0.717) is 17.3 Å². The Kier molecular flexibility index (Phi) is 4.02. The maximum Gasteiger partial charge on any atom is 0.118 e. The minimum atomic E-state index is 0.557. The SMILES string of the molecule is COc1ccc(Cn2ccc(-c3ccc(Cl)c(N)c3)n2)cc1. The molecule has 0 amide bonds. The van der Waals surface area contributed by atoms with E-state index in [0.717, 1.165) is 22.6 Å². The maximum absolute atomic E-state index is 5.94. The second-order valence-electron chi connectivity index (χ2n) is 4.98. The van der Waals surface area contributed by atoms with Crippen molar-refractivity contribution < 1.29 is 4.74 Å². The molecule has 3 aromatic rings. The highest BCUT2D eigenvalue weighted by Crippen LogP contribution is 2.25. The molecule has 5 heteroatoms. The molecule has 0 bridgehead atoms. The predicted octanol–water partition coefficient (Wildman–Crippen LogP) is 3.84. The molecule has 0 aliphatic heterocycles. The highest BCUT2D eigenvalue weighted by atomic mass is 35.5. The molecule has 1 aromatic heterocycles. The van der Waals surface area contributed by atoms with Crippen LogP contribution in [0.3, 0.4) is 0 Å². The van der Waals surface area contributed by atoms with E-state index in [-0.39, 0.29) is 0 Å². The fourth-order valence-corrected chi connectivity index (χ4v) is 2.34. The zero-order valence-corrected chi connectivity index (χ0v) is 12.9. The molecular weight excluding hydrogens is 298 g/mol. The van der Waals surface area contributed by atoms with Crippen molar-refractivity contribution in [2.45, 2.75) is 6.54 Å². The number of halogens is 1. The molecule has 0 aliphatic rings. The highest BCUT2D eigenvalue weighted by Gasteiger charge is 2.05. The van der Waals surface area contributed by atoms with Crippen LogP contribution in [-0.4, -0.2) is 16.9 Å². The molecule has 4 nitrogen and oxygen atoms in total. The lowest BCUT2D eigenvalue weighted by atomic mass is 10.1. The van der Waals surface area contributed by atoms with E-state index < -0.39 is 0 Å². The quantitative estimate of drug-likeness (QED) is 0.744. The standard InChI is InChI=1S/C17H16ClN3O/c1-22-14-5-2-12(3-6-14)11-21-9-8-17(20-21)13-4-7-15(18)16(19)10-13/h2-10H,11,19H2,1H3. The maximum atomic E-state index is 5.94. The Bertz CT molecular complexity index is 781. The summed E-state index contributed by atoms with van der Waals surface area (Å²) in [4.78, 5) is 0. The predicted molar refractivity (Wildman–Crippen MR) is 89.2 cm³/mol. The first-order valence-corrected chi connectivity index (χ1v) is 7.25. The monoisotopic (exact) mass is 313 g/mol. The Morgan fingerprint density at radius 3 is 2.59 bits per heavy atom. The summed E-state index contributed by atoms with van der Waals surface area (Å²) in [7, 11) is 1.66. The third-order valence-corrected chi connectivity index (χ3v) is 3.78. The Balaban J connectivity index is 1.79. The smallest absolute Gasteiger partial charge is 0.118 e. The molecule has 0 aliphatic carbocycles. The fraction of sp³-hybridized carbons (Fsp3) is 0.118. The number of benzene rings is 2. The fourth-order valence-electron chi connectivity index (χ4n) is 2.22. The molecule has 0 saturated heterocycles. The van der Waals surface area contributed by atoms with Gasteiger partial charge in [0, 0.05) is 11.8 Å². The van der Waals surface area contributed by atoms with Gasteiger partial charge in [0.05, 0.1) is 30.1 Å². The van der Waals surface area contributed by atoms with Crippen LogP contribution < -0.4 is 10.5 Å². The average Bonchev–Trinajstić information content (AvgIpc) is 2.99. The molecule has 0 saturated carbocycles. The summed E-state index contributed by atoms with van der Waals surface area (Å²) in [6.45, 7) is 0.701. The first-order chi connectivity index (χ1) is 10.7. The first kappa shape index (κ1) is 14.5. The second kappa shape index (κ2) is 6.12. The van der Waals surface area contributed by atoms with E-state index in [2.05, 4.69) is 5.10 Å². The number of methoxy groups -OCH3 is 1. The van der Waals surface area contributed by atoms with Crippen LogP contribution in [-0.2, 0) is 6.54 Å². The number of hydrogen-bond acceptors (Lipinski definition) is 3. The summed E-state index contributed by atoms with van der Waals surface area (Å²) in [6, 6.07) is 15.4. The van der Waals surface area contributed by atoms with Crippen LogP contribution in [0.15, 0.2) is 54.7 Å². The van der Waals surface area contributed by atoms with Crippen molar-refractivity contribution in [2.75, 3.05) is 12.8 Å². The van der Waals surface area contributed by atoms with Crippen LogP contribution in [0.2, 0.25) is 5.02 Å². The third kappa shape index (κ3) is 3.07. The van der Waals surface area contributed by atoms with Gasteiger partial charge in [-0.3, -0.25) is 4.68 Å². The zero-order chi connectivity index (χ0) is 15.5. The molecule has 2 aromatic carbocycles. The molecule has 0 atom stereocenters. The summed E-state index contributed by atoms with van der Waals surface area (Å²) in [5.74, 6) is 0.849. The third-order valence-electron chi connectivity index (χ3n) is 3.44. The number of nitrogens with two attached hydrogens (primary N) is 1. The molecule has 1 heterocycles. The van der Waals surface area contributed by atoms with Gasteiger partial charge in [-0.1, -0.05) is 29.8 Å². The van der Waals surface area contributed by atoms with Crippen LogP contribution in [0.25, 0.3) is 11.3 Å². The summed E-state index contributed by atoms with van der Waals surface area (Å²) in [6.07, 6.45) is 1.95. The number of nitrogen functional groups attached to an aromatic ring is 1. The van der Waals surface area contributed by atoms with E-state index in [4.69, 9.17) is 22.1 Å². The molecule has 0 spiro atoms. The van der Waals surface area contributed by atoms with Crippen LogP contribution in [0.4, 0.5) is 5.69 Å². The molecule has 0 radical (unpaired) electrons. The minimum absolute atomic E-state index is 0.557. The van der Waals surface area contributed by atoms with Crippen molar-refractivity contribution in [3.63, 3.8) is 0 Å². The van der Waals surface area contributed by atoms with Gasteiger partial charge in [0.25, 0.3) is 0 Å². The second-order valence-corrected chi connectivity index (χ2v) is 5.39. The van der Waals surface area contributed by atoms with Gasteiger partial charge in [-0.25, -0.2) is 0 Å². The lowest BCUT2D eigenvalue weighted by Gasteiger charge is -2.04. The van der Waals surface area contributed by atoms with Crippen LogP contribution in [0.1, 0.15) is 5.56 Å².